The number of hydrogen-bond acceptors (Lipinski definition) is 6. The molecular weight excluding hydrogens is 366 g/mol. The number of anilines is 1. The second kappa shape index (κ2) is 7.91. The van der Waals surface area contributed by atoms with Crippen LogP contribution in [0, 0.1) is 0 Å². The van der Waals surface area contributed by atoms with Gasteiger partial charge >= 0.3 is 5.97 Å². The summed E-state index contributed by atoms with van der Waals surface area (Å²) in [6.45, 7) is 2.76. The van der Waals surface area contributed by atoms with Gasteiger partial charge in [-0.2, -0.15) is 5.10 Å². The molecule has 2 aromatic heterocycles. The molecule has 0 spiro atoms. The maximum absolute atomic E-state index is 12.4. The van der Waals surface area contributed by atoms with Crippen molar-refractivity contribution in [1.29, 1.82) is 0 Å². The van der Waals surface area contributed by atoms with Crippen LogP contribution in [-0.4, -0.2) is 38.0 Å². The van der Waals surface area contributed by atoms with Crippen molar-refractivity contribution in [3.63, 3.8) is 0 Å². The first-order valence-electron chi connectivity index (χ1n) is 8.57. The number of esters is 1. The van der Waals surface area contributed by atoms with E-state index in [1.807, 2.05) is 13.8 Å². The number of aromatic amines is 1. The van der Waals surface area contributed by atoms with Gasteiger partial charge in [-0.3, -0.25) is 24.3 Å². The van der Waals surface area contributed by atoms with Crippen LogP contribution in [0.1, 0.15) is 19.9 Å². The van der Waals surface area contributed by atoms with E-state index in [4.69, 9.17) is 4.74 Å². The molecule has 2 N–H and O–H groups in total. The molecule has 0 bridgehead atoms. The first-order valence-corrected chi connectivity index (χ1v) is 8.57. The van der Waals surface area contributed by atoms with Crippen molar-refractivity contribution < 1.29 is 14.3 Å². The average molecular weight is 385 g/mol. The molecule has 1 amide bonds. The molecule has 1 aromatic carbocycles. The predicted octanol–water partition coefficient (Wildman–Crippen LogP) is 0.649. The van der Waals surface area contributed by atoms with Crippen LogP contribution in [0.25, 0.3) is 10.8 Å². The van der Waals surface area contributed by atoms with Crippen molar-refractivity contribution in [1.82, 2.24) is 19.6 Å². The summed E-state index contributed by atoms with van der Waals surface area (Å²) in [5.41, 5.74) is -1.03. The van der Waals surface area contributed by atoms with Crippen LogP contribution in [0.4, 0.5) is 5.82 Å². The molecule has 0 radical (unpaired) electrons. The molecule has 146 valence electrons. The van der Waals surface area contributed by atoms with Crippen LogP contribution in [0.2, 0.25) is 0 Å². The second-order valence-electron chi connectivity index (χ2n) is 6.34. The minimum atomic E-state index is -0.833. The van der Waals surface area contributed by atoms with Gasteiger partial charge in [0.15, 0.2) is 6.61 Å². The molecule has 28 heavy (non-hydrogen) atoms. The molecule has 0 aliphatic rings. The van der Waals surface area contributed by atoms with Crippen molar-refractivity contribution in [3.05, 3.63) is 57.2 Å². The molecule has 0 fully saturated rings. The van der Waals surface area contributed by atoms with Crippen molar-refractivity contribution >= 4 is 28.5 Å². The highest BCUT2D eigenvalue weighted by Crippen LogP contribution is 2.12. The molecule has 10 heteroatoms. The predicted molar refractivity (Wildman–Crippen MR) is 101 cm³/mol. The molecule has 0 saturated heterocycles. The Kier molecular flexibility index (Phi) is 5.39. The Morgan fingerprint density at radius 2 is 1.89 bits per heavy atom. The Balaban J connectivity index is 1.63. The fourth-order valence-electron chi connectivity index (χ4n) is 2.68. The summed E-state index contributed by atoms with van der Waals surface area (Å²) in [6.07, 6.45) is 1.55. The Morgan fingerprint density at radius 1 is 1.18 bits per heavy atom. The molecule has 0 aliphatic heterocycles. The number of nitrogens with one attached hydrogen (secondary N) is 2. The van der Waals surface area contributed by atoms with Crippen LogP contribution in [0.5, 0.6) is 0 Å². The highest BCUT2D eigenvalue weighted by Gasteiger charge is 2.14. The fourth-order valence-corrected chi connectivity index (χ4v) is 2.68. The van der Waals surface area contributed by atoms with Crippen LogP contribution in [-0.2, 0) is 20.9 Å². The number of nitrogens with zero attached hydrogens (tertiary/aromatic N) is 3. The van der Waals surface area contributed by atoms with Gasteiger partial charge in [-0.05, 0) is 26.0 Å². The summed E-state index contributed by atoms with van der Waals surface area (Å²) in [4.78, 5) is 48.4. The lowest BCUT2D eigenvalue weighted by atomic mass is 10.2. The van der Waals surface area contributed by atoms with Crippen molar-refractivity contribution in [2.24, 2.45) is 0 Å². The van der Waals surface area contributed by atoms with Crippen molar-refractivity contribution in [2.75, 3.05) is 11.9 Å². The number of amides is 1. The first kappa shape index (κ1) is 19.1. The molecule has 10 nitrogen and oxygen atoms in total. The van der Waals surface area contributed by atoms with E-state index in [2.05, 4.69) is 15.5 Å². The maximum atomic E-state index is 12.4. The van der Waals surface area contributed by atoms with Gasteiger partial charge in [0.25, 0.3) is 17.0 Å². The summed E-state index contributed by atoms with van der Waals surface area (Å²) in [5, 5.41) is 9.44. The van der Waals surface area contributed by atoms with E-state index in [1.165, 1.54) is 12.1 Å². The highest BCUT2D eigenvalue weighted by molar-refractivity contribution is 5.92. The van der Waals surface area contributed by atoms with E-state index in [0.717, 1.165) is 4.68 Å². The Morgan fingerprint density at radius 3 is 2.61 bits per heavy atom. The minimum absolute atomic E-state index is 0.0458. The number of rotatable bonds is 6. The zero-order valence-corrected chi connectivity index (χ0v) is 15.3. The smallest absolute Gasteiger partial charge is 0.328 e. The van der Waals surface area contributed by atoms with Gasteiger partial charge in [-0.15, -0.1) is 0 Å². The number of carbonyl (C=O) groups is 2. The number of ether oxygens (including phenoxy) is 1. The molecule has 3 rings (SSSR count). The second-order valence-corrected chi connectivity index (χ2v) is 6.34. The van der Waals surface area contributed by atoms with Crippen LogP contribution in [0.15, 0.2) is 46.1 Å². The zero-order chi connectivity index (χ0) is 20.3. The molecule has 2 heterocycles. The average Bonchev–Trinajstić information content (AvgIpc) is 3.12. The van der Waals surface area contributed by atoms with Gasteiger partial charge in [0, 0.05) is 12.1 Å². The van der Waals surface area contributed by atoms with Crippen molar-refractivity contribution in [2.45, 2.75) is 26.4 Å². The minimum Gasteiger partial charge on any atom is -0.454 e. The van der Waals surface area contributed by atoms with Gasteiger partial charge in [-0.1, -0.05) is 12.1 Å². The number of hydrogen-bond donors (Lipinski definition) is 2. The summed E-state index contributed by atoms with van der Waals surface area (Å²) in [7, 11) is 0. The third-order valence-electron chi connectivity index (χ3n) is 3.96. The lowest BCUT2D eigenvalue weighted by molar-refractivity contribution is -0.148. The summed E-state index contributed by atoms with van der Waals surface area (Å²) < 4.78 is 7.37. The molecular formula is C18H19N5O5. The monoisotopic (exact) mass is 385 g/mol. The molecule has 0 saturated carbocycles. The topological polar surface area (TPSA) is 128 Å². The van der Waals surface area contributed by atoms with E-state index in [1.54, 1.807) is 29.1 Å². The molecule has 0 atom stereocenters. The summed E-state index contributed by atoms with van der Waals surface area (Å²) in [6, 6.07) is 7.95. The summed E-state index contributed by atoms with van der Waals surface area (Å²) in [5.74, 6) is -0.901. The summed E-state index contributed by atoms with van der Waals surface area (Å²) >= 11 is 0. The van der Waals surface area contributed by atoms with E-state index < -0.39 is 36.1 Å². The first-order chi connectivity index (χ1) is 13.4. The standard InChI is InChI=1S/C18H19N5O5/c1-11(2)23-14(7-8-19-23)20-15(24)10-28-16(25)9-22-18(27)13-6-4-3-5-12(13)17(26)21-22/h3-8,11H,9-10H2,1-2H3,(H,20,24)(H,21,26). The number of benzene rings is 1. The van der Waals surface area contributed by atoms with Gasteiger partial charge in [0.1, 0.15) is 12.4 Å². The van der Waals surface area contributed by atoms with E-state index in [0.29, 0.717) is 5.82 Å². The lowest BCUT2D eigenvalue weighted by Crippen LogP contribution is -2.33. The third kappa shape index (κ3) is 4.00. The van der Waals surface area contributed by atoms with E-state index >= 15 is 0 Å². The number of carbonyl (C=O) groups excluding carboxylic acids is 2. The largest absolute Gasteiger partial charge is 0.454 e. The Bertz CT molecular complexity index is 1140. The highest BCUT2D eigenvalue weighted by atomic mass is 16.5. The van der Waals surface area contributed by atoms with Gasteiger partial charge in [0.05, 0.1) is 17.0 Å². The van der Waals surface area contributed by atoms with Crippen LogP contribution in [0.3, 0.4) is 0 Å². The van der Waals surface area contributed by atoms with E-state index in [-0.39, 0.29) is 16.8 Å². The number of aromatic nitrogens is 4. The van der Waals surface area contributed by atoms with Crippen LogP contribution >= 0.6 is 0 Å². The SMILES string of the molecule is CC(C)n1nccc1NC(=O)COC(=O)Cn1[nH]c(=O)c2ccccc2c1=O. The lowest BCUT2D eigenvalue weighted by Gasteiger charge is -2.12. The fraction of sp³-hybridized carbons (Fsp3) is 0.278. The van der Waals surface area contributed by atoms with Crippen LogP contribution < -0.4 is 16.4 Å². The van der Waals surface area contributed by atoms with Gasteiger partial charge < -0.3 is 10.1 Å². The third-order valence-corrected chi connectivity index (χ3v) is 3.96. The zero-order valence-electron chi connectivity index (χ0n) is 15.3. The molecule has 3 aromatic rings. The molecule has 0 unspecified atom stereocenters. The van der Waals surface area contributed by atoms with Gasteiger partial charge in [0.2, 0.25) is 0 Å². The maximum Gasteiger partial charge on any atom is 0.328 e. The Labute approximate surface area is 158 Å². The van der Waals surface area contributed by atoms with E-state index in [9.17, 15) is 19.2 Å². The normalized spacial score (nSPS) is 11.0. The van der Waals surface area contributed by atoms with Gasteiger partial charge in [-0.25, -0.2) is 9.36 Å². The number of fused-ring (bicyclic) bond motifs is 1. The van der Waals surface area contributed by atoms with Crippen molar-refractivity contribution in [3.8, 4) is 0 Å². The molecule has 0 aliphatic carbocycles. The Hall–Kier alpha value is -3.69. The number of H-pyrrole nitrogens is 1. The quantitative estimate of drug-likeness (QED) is 0.600.